The fourth-order valence-corrected chi connectivity index (χ4v) is 4.88. The third-order valence-electron chi connectivity index (χ3n) is 7.36. The maximum absolute atomic E-state index is 13.4. The monoisotopic (exact) mass is 504 g/mol. The Morgan fingerprint density at radius 1 is 1.22 bits per heavy atom. The molecular weight excluding hydrogens is 473 g/mol. The second kappa shape index (κ2) is 9.59. The van der Waals surface area contributed by atoms with Gasteiger partial charge in [0.05, 0.1) is 11.6 Å². The zero-order valence-corrected chi connectivity index (χ0v) is 20.6. The van der Waals surface area contributed by atoms with Crippen LogP contribution < -0.4 is 16.0 Å². The molecule has 11 heteroatoms. The number of hydrogen-bond acceptors (Lipinski definition) is 6. The second-order valence-electron chi connectivity index (χ2n) is 9.90. The second-order valence-corrected chi connectivity index (χ2v) is 9.90. The summed E-state index contributed by atoms with van der Waals surface area (Å²) in [5, 5.41) is 3.00. The molecule has 2 aromatic rings. The van der Waals surface area contributed by atoms with Crippen molar-refractivity contribution >= 4 is 29.1 Å². The molecule has 4 rings (SSSR count). The Morgan fingerprint density at radius 2 is 1.89 bits per heavy atom. The van der Waals surface area contributed by atoms with Crippen molar-refractivity contribution < 1.29 is 22.8 Å². The number of nitrogens with zero attached hydrogens (tertiary/aromatic N) is 4. The SMILES string of the molecule is C[C@@H]1[C@H](CC(=O)N(C)C)CCCN1c1cnc(C(N)=O)c(Nc2ccc(C3(C(F)(F)F)CC3)cc2)n1. The third-order valence-corrected chi connectivity index (χ3v) is 7.36. The fraction of sp³-hybridized carbons (Fsp3) is 0.520. The first-order valence-corrected chi connectivity index (χ1v) is 12.0. The Balaban J connectivity index is 1.57. The maximum Gasteiger partial charge on any atom is 0.398 e. The lowest BCUT2D eigenvalue weighted by molar-refractivity contribution is -0.160. The Hall–Kier alpha value is -3.37. The van der Waals surface area contributed by atoms with Crippen LogP contribution in [0.1, 0.15) is 55.1 Å². The van der Waals surface area contributed by atoms with E-state index in [-0.39, 0.29) is 47.8 Å². The van der Waals surface area contributed by atoms with Crippen LogP contribution in [0.4, 0.5) is 30.5 Å². The van der Waals surface area contributed by atoms with Gasteiger partial charge in [-0.05, 0) is 56.2 Å². The van der Waals surface area contributed by atoms with E-state index in [1.54, 1.807) is 19.0 Å². The first kappa shape index (κ1) is 25.7. The number of nitrogens with one attached hydrogen (secondary N) is 1. The molecule has 2 fully saturated rings. The van der Waals surface area contributed by atoms with Gasteiger partial charge in [-0.1, -0.05) is 12.1 Å². The highest BCUT2D eigenvalue weighted by Crippen LogP contribution is 2.58. The standard InChI is InChI=1S/C25H31F3N6O2/c1-15-16(13-20(35)33(2)3)5-4-12-34(15)19-14-30-21(22(29)36)23(32-19)31-18-8-6-17(7-9-18)24(10-11-24)25(26,27)28/h6-9,14-16H,4-5,10-13H2,1-3H3,(H2,29,36)(H,31,32)/t15-,16+/m1/s1. The zero-order chi connectivity index (χ0) is 26.3. The maximum atomic E-state index is 13.4. The molecule has 0 radical (unpaired) electrons. The minimum Gasteiger partial charge on any atom is -0.364 e. The van der Waals surface area contributed by atoms with E-state index in [0.29, 0.717) is 24.5 Å². The molecule has 2 amide bonds. The van der Waals surface area contributed by atoms with Gasteiger partial charge in [0.2, 0.25) is 5.91 Å². The lowest BCUT2D eigenvalue weighted by Crippen LogP contribution is -2.45. The van der Waals surface area contributed by atoms with E-state index in [1.165, 1.54) is 30.5 Å². The molecule has 0 unspecified atom stereocenters. The van der Waals surface area contributed by atoms with Gasteiger partial charge in [0.1, 0.15) is 5.82 Å². The quantitative estimate of drug-likeness (QED) is 0.591. The van der Waals surface area contributed by atoms with E-state index >= 15 is 0 Å². The van der Waals surface area contributed by atoms with Gasteiger partial charge in [-0.15, -0.1) is 0 Å². The Labute approximate surface area is 208 Å². The fourth-order valence-electron chi connectivity index (χ4n) is 4.88. The number of halogens is 3. The Kier molecular flexibility index (Phi) is 6.85. The summed E-state index contributed by atoms with van der Waals surface area (Å²) < 4.78 is 40.3. The summed E-state index contributed by atoms with van der Waals surface area (Å²) >= 11 is 0. The molecule has 1 saturated carbocycles. The highest BCUT2D eigenvalue weighted by atomic mass is 19.4. The average Bonchev–Trinajstić information content (AvgIpc) is 3.63. The molecule has 2 aliphatic rings. The lowest BCUT2D eigenvalue weighted by Gasteiger charge is -2.40. The van der Waals surface area contributed by atoms with E-state index < -0.39 is 17.5 Å². The molecule has 2 heterocycles. The van der Waals surface area contributed by atoms with Crippen LogP contribution in [0.15, 0.2) is 30.5 Å². The number of amides is 2. The van der Waals surface area contributed by atoms with E-state index in [4.69, 9.17) is 5.73 Å². The summed E-state index contributed by atoms with van der Waals surface area (Å²) in [5.41, 5.74) is 4.35. The molecule has 194 valence electrons. The number of carbonyl (C=O) groups excluding carboxylic acids is 2. The topological polar surface area (TPSA) is 104 Å². The van der Waals surface area contributed by atoms with E-state index in [0.717, 1.165) is 12.8 Å². The number of rotatable bonds is 7. The molecule has 2 atom stereocenters. The highest BCUT2D eigenvalue weighted by molar-refractivity contribution is 5.96. The number of alkyl halides is 3. The van der Waals surface area contributed by atoms with Crippen LogP contribution >= 0.6 is 0 Å². The summed E-state index contributed by atoms with van der Waals surface area (Å²) in [6.45, 7) is 2.75. The van der Waals surface area contributed by atoms with Crippen LogP contribution in [0.25, 0.3) is 0 Å². The molecule has 1 aromatic carbocycles. The molecule has 1 aliphatic carbocycles. The van der Waals surface area contributed by atoms with Crippen molar-refractivity contribution in [3.05, 3.63) is 41.7 Å². The number of carbonyl (C=O) groups is 2. The van der Waals surface area contributed by atoms with Gasteiger partial charge in [-0.2, -0.15) is 13.2 Å². The Bertz CT molecular complexity index is 1130. The van der Waals surface area contributed by atoms with Crippen LogP contribution in [0.3, 0.4) is 0 Å². The first-order valence-electron chi connectivity index (χ1n) is 12.0. The number of anilines is 3. The molecule has 0 spiro atoms. The smallest absolute Gasteiger partial charge is 0.364 e. The van der Waals surface area contributed by atoms with Crippen LogP contribution in [0.2, 0.25) is 0 Å². The van der Waals surface area contributed by atoms with Gasteiger partial charge in [-0.25, -0.2) is 9.97 Å². The van der Waals surface area contributed by atoms with Gasteiger partial charge in [0.25, 0.3) is 5.91 Å². The van der Waals surface area contributed by atoms with Crippen molar-refractivity contribution in [3.8, 4) is 0 Å². The number of primary amides is 1. The molecule has 3 N–H and O–H groups in total. The summed E-state index contributed by atoms with van der Waals surface area (Å²) in [4.78, 5) is 36.8. The van der Waals surface area contributed by atoms with Gasteiger partial charge in [0.15, 0.2) is 11.5 Å². The van der Waals surface area contributed by atoms with Crippen molar-refractivity contribution in [2.24, 2.45) is 11.7 Å². The lowest BCUT2D eigenvalue weighted by atomic mass is 9.87. The molecule has 1 aromatic heterocycles. The van der Waals surface area contributed by atoms with E-state index in [9.17, 15) is 22.8 Å². The van der Waals surface area contributed by atoms with E-state index in [1.807, 2.05) is 6.92 Å². The minimum absolute atomic E-state index is 0.0145. The molecule has 36 heavy (non-hydrogen) atoms. The van der Waals surface area contributed by atoms with Gasteiger partial charge >= 0.3 is 6.18 Å². The van der Waals surface area contributed by atoms with Crippen molar-refractivity contribution in [2.45, 2.75) is 56.7 Å². The van der Waals surface area contributed by atoms with Gasteiger partial charge in [0, 0.05) is 38.8 Å². The van der Waals surface area contributed by atoms with Crippen LogP contribution in [0.5, 0.6) is 0 Å². The van der Waals surface area contributed by atoms with Gasteiger partial charge in [-0.3, -0.25) is 9.59 Å². The van der Waals surface area contributed by atoms with Crippen LogP contribution in [-0.2, 0) is 10.2 Å². The number of nitrogens with two attached hydrogens (primary N) is 1. The normalized spacial score (nSPS) is 21.1. The van der Waals surface area contributed by atoms with Crippen LogP contribution in [0, 0.1) is 5.92 Å². The van der Waals surface area contributed by atoms with Crippen LogP contribution in [-0.4, -0.2) is 59.5 Å². The summed E-state index contributed by atoms with van der Waals surface area (Å²) in [7, 11) is 3.47. The predicted molar refractivity (Wildman–Crippen MR) is 130 cm³/mol. The number of piperidine rings is 1. The highest BCUT2D eigenvalue weighted by Gasteiger charge is 2.64. The molecule has 1 saturated heterocycles. The Morgan fingerprint density at radius 3 is 2.44 bits per heavy atom. The van der Waals surface area contributed by atoms with Crippen molar-refractivity contribution in [1.29, 1.82) is 0 Å². The summed E-state index contributed by atoms with van der Waals surface area (Å²) in [6, 6.07) is 5.98. The van der Waals surface area contributed by atoms with Crippen molar-refractivity contribution in [3.63, 3.8) is 0 Å². The third kappa shape index (κ3) is 4.96. The molecule has 0 bridgehead atoms. The summed E-state index contributed by atoms with van der Waals surface area (Å²) in [5.74, 6) is 0.0844. The van der Waals surface area contributed by atoms with E-state index in [2.05, 4.69) is 20.2 Å². The van der Waals surface area contributed by atoms with Crippen molar-refractivity contribution in [2.75, 3.05) is 30.9 Å². The molecular formula is C25H31F3N6O2. The summed E-state index contributed by atoms with van der Waals surface area (Å²) in [6.07, 6.45) is -0.423. The minimum atomic E-state index is -4.29. The van der Waals surface area contributed by atoms with Gasteiger partial charge < -0.3 is 20.9 Å². The number of benzene rings is 1. The molecule has 8 nitrogen and oxygen atoms in total. The average molecular weight is 505 g/mol. The molecule has 1 aliphatic heterocycles. The largest absolute Gasteiger partial charge is 0.398 e. The first-order chi connectivity index (χ1) is 16.9. The van der Waals surface area contributed by atoms with Crippen molar-refractivity contribution in [1.82, 2.24) is 14.9 Å². The zero-order valence-electron chi connectivity index (χ0n) is 20.6. The predicted octanol–water partition coefficient (Wildman–Crippen LogP) is 4.00. The number of hydrogen-bond donors (Lipinski definition) is 2. The number of aromatic nitrogens is 2.